The van der Waals surface area contributed by atoms with Gasteiger partial charge in [-0.15, -0.1) is 0 Å². The molecule has 10 heteroatoms. The number of rotatable bonds is 12. The fourth-order valence-corrected chi connectivity index (χ4v) is 3.28. The van der Waals surface area contributed by atoms with Crippen molar-refractivity contribution in [3.63, 3.8) is 0 Å². The van der Waals surface area contributed by atoms with Gasteiger partial charge in [0.15, 0.2) is 5.78 Å². The molecule has 32 heavy (non-hydrogen) atoms. The molecule has 0 unspecified atom stereocenters. The van der Waals surface area contributed by atoms with E-state index in [4.69, 9.17) is 15.2 Å². The molecule has 1 aromatic carbocycles. The minimum absolute atomic E-state index is 0.0865. The molecule has 0 amide bonds. The van der Waals surface area contributed by atoms with Gasteiger partial charge in [0.2, 0.25) is 0 Å². The minimum atomic E-state index is -0.743. The number of carbonyl (C=O) groups is 2. The van der Waals surface area contributed by atoms with Crippen LogP contribution >= 0.6 is 0 Å². The lowest BCUT2D eigenvalue weighted by Gasteiger charge is -2.21. The van der Waals surface area contributed by atoms with Gasteiger partial charge in [0.05, 0.1) is 32.8 Å². The number of Topliss-reactive ketones (excluding diaryl/α,β-unsaturated/α-hetero) is 1. The van der Waals surface area contributed by atoms with Crippen LogP contribution in [0.2, 0.25) is 0 Å². The van der Waals surface area contributed by atoms with Gasteiger partial charge in [0, 0.05) is 20.2 Å². The van der Waals surface area contributed by atoms with Gasteiger partial charge in [-0.3, -0.25) is 28.4 Å². The van der Waals surface area contributed by atoms with Crippen molar-refractivity contribution in [1.82, 2.24) is 14.0 Å². The van der Waals surface area contributed by atoms with Gasteiger partial charge in [-0.2, -0.15) is 0 Å². The number of nitrogen functional groups attached to an aromatic ring is 1. The Hall–Kier alpha value is -3.24. The Morgan fingerprint density at radius 3 is 2.34 bits per heavy atom. The third-order valence-electron chi connectivity index (χ3n) is 4.88. The number of aromatic nitrogens is 2. The second kappa shape index (κ2) is 12.0. The Morgan fingerprint density at radius 1 is 1.06 bits per heavy atom. The second-order valence-corrected chi connectivity index (χ2v) is 7.10. The van der Waals surface area contributed by atoms with Crippen LogP contribution in [0.3, 0.4) is 0 Å². The molecule has 0 radical (unpaired) electrons. The van der Waals surface area contributed by atoms with Crippen molar-refractivity contribution in [3.8, 4) is 0 Å². The summed E-state index contributed by atoms with van der Waals surface area (Å²) in [5, 5.41) is 0. The normalized spacial score (nSPS) is 11.0. The lowest BCUT2D eigenvalue weighted by Crippen LogP contribution is -2.46. The Balaban J connectivity index is 2.44. The van der Waals surface area contributed by atoms with Crippen molar-refractivity contribution in [1.29, 1.82) is 0 Å². The number of nitrogens with zero attached hydrogens (tertiary/aromatic N) is 3. The molecule has 0 bridgehead atoms. The highest BCUT2D eigenvalue weighted by Gasteiger charge is 2.25. The number of nitrogens with two attached hydrogens (primary N) is 1. The van der Waals surface area contributed by atoms with E-state index in [9.17, 15) is 19.2 Å². The van der Waals surface area contributed by atoms with E-state index in [0.29, 0.717) is 0 Å². The molecule has 2 rings (SSSR count). The number of esters is 1. The van der Waals surface area contributed by atoms with Crippen LogP contribution in [0.25, 0.3) is 0 Å². The first-order valence-corrected chi connectivity index (χ1v) is 10.4. The van der Waals surface area contributed by atoms with Crippen LogP contribution in [0.5, 0.6) is 0 Å². The summed E-state index contributed by atoms with van der Waals surface area (Å²) in [7, 11) is 1.50. The molecule has 10 nitrogen and oxygen atoms in total. The van der Waals surface area contributed by atoms with Gasteiger partial charge in [-0.1, -0.05) is 30.3 Å². The Kier molecular flexibility index (Phi) is 9.36. The molecule has 0 aliphatic rings. The lowest BCUT2D eigenvalue weighted by atomic mass is 10.1. The van der Waals surface area contributed by atoms with E-state index < -0.39 is 23.0 Å². The molecule has 0 atom stereocenters. The van der Waals surface area contributed by atoms with Gasteiger partial charge >= 0.3 is 11.7 Å². The topological polar surface area (TPSA) is 126 Å². The molecule has 0 spiro atoms. The predicted molar refractivity (Wildman–Crippen MR) is 120 cm³/mol. The van der Waals surface area contributed by atoms with E-state index in [1.165, 1.54) is 16.6 Å². The van der Waals surface area contributed by atoms with E-state index >= 15 is 0 Å². The number of carbonyl (C=O) groups excluding carboxylic acids is 2. The van der Waals surface area contributed by atoms with E-state index in [1.807, 2.05) is 30.3 Å². The van der Waals surface area contributed by atoms with E-state index in [0.717, 1.165) is 10.1 Å². The van der Waals surface area contributed by atoms with Crippen LogP contribution in [-0.4, -0.2) is 65.7 Å². The maximum absolute atomic E-state index is 13.1. The zero-order valence-corrected chi connectivity index (χ0v) is 18.7. The average Bonchev–Trinajstić information content (AvgIpc) is 2.76. The first-order chi connectivity index (χ1) is 15.3. The van der Waals surface area contributed by atoms with Crippen LogP contribution in [0.1, 0.15) is 29.8 Å². The minimum Gasteiger partial charge on any atom is -0.465 e. The first kappa shape index (κ1) is 25.0. The van der Waals surface area contributed by atoms with Crippen molar-refractivity contribution in [2.24, 2.45) is 0 Å². The predicted octanol–water partition coefficient (Wildman–Crippen LogP) is 0.355. The van der Waals surface area contributed by atoms with Gasteiger partial charge in [0.25, 0.3) is 5.56 Å². The molecule has 174 valence electrons. The fourth-order valence-electron chi connectivity index (χ4n) is 3.28. The maximum Gasteiger partial charge on any atom is 0.332 e. The number of ketones is 1. The summed E-state index contributed by atoms with van der Waals surface area (Å²) in [6, 6.07) is 9.12. The smallest absolute Gasteiger partial charge is 0.332 e. The summed E-state index contributed by atoms with van der Waals surface area (Å²) in [4.78, 5) is 52.3. The molecular formula is C22H30N4O6. The third kappa shape index (κ3) is 6.14. The molecule has 2 aromatic rings. The summed E-state index contributed by atoms with van der Waals surface area (Å²) >= 11 is 0. The number of hydrogen-bond donors (Lipinski definition) is 1. The van der Waals surface area contributed by atoms with Crippen molar-refractivity contribution in [3.05, 3.63) is 62.3 Å². The second-order valence-electron chi connectivity index (χ2n) is 7.10. The summed E-state index contributed by atoms with van der Waals surface area (Å²) in [5.41, 5.74) is 5.37. The van der Waals surface area contributed by atoms with Crippen LogP contribution in [-0.2, 0) is 27.4 Å². The summed E-state index contributed by atoms with van der Waals surface area (Å²) < 4.78 is 12.2. The molecular weight excluding hydrogens is 416 g/mol. The highest BCUT2D eigenvalue weighted by molar-refractivity contribution is 6.01. The van der Waals surface area contributed by atoms with E-state index in [1.54, 1.807) is 13.8 Å². The monoisotopic (exact) mass is 446 g/mol. The number of anilines is 1. The van der Waals surface area contributed by atoms with Crippen LogP contribution in [0.4, 0.5) is 5.82 Å². The highest BCUT2D eigenvalue weighted by atomic mass is 16.5. The quantitative estimate of drug-likeness (QED) is 0.366. The zero-order valence-electron chi connectivity index (χ0n) is 18.7. The van der Waals surface area contributed by atoms with Crippen molar-refractivity contribution >= 4 is 17.6 Å². The van der Waals surface area contributed by atoms with Crippen LogP contribution in [0.15, 0.2) is 39.9 Å². The molecule has 0 aliphatic carbocycles. The van der Waals surface area contributed by atoms with Crippen LogP contribution in [0, 0.1) is 0 Å². The standard InChI is InChI=1S/C22H30N4O6/c1-4-25-21(29)19(17(27)14-24(11-12-31-3)15-18(28)32-5-2)20(23)26(22(25)30)13-16-9-7-6-8-10-16/h6-10H,4-5,11-15,23H2,1-3H3. The highest BCUT2D eigenvalue weighted by Crippen LogP contribution is 2.10. The van der Waals surface area contributed by atoms with Gasteiger partial charge in [0.1, 0.15) is 11.4 Å². The molecule has 1 heterocycles. The molecule has 0 saturated heterocycles. The number of hydrogen-bond acceptors (Lipinski definition) is 8. The number of ether oxygens (including phenoxy) is 2. The number of benzene rings is 1. The summed E-state index contributed by atoms with van der Waals surface area (Å²) in [5.74, 6) is -1.28. The Bertz CT molecular complexity index is 1040. The molecule has 1 aromatic heterocycles. The van der Waals surface area contributed by atoms with Crippen molar-refractivity contribution in [2.75, 3.05) is 45.7 Å². The first-order valence-electron chi connectivity index (χ1n) is 10.4. The van der Waals surface area contributed by atoms with E-state index in [2.05, 4.69) is 0 Å². The van der Waals surface area contributed by atoms with Gasteiger partial charge < -0.3 is 15.2 Å². The van der Waals surface area contributed by atoms with Crippen molar-refractivity contribution < 1.29 is 19.1 Å². The molecule has 2 N–H and O–H groups in total. The Morgan fingerprint density at radius 2 is 1.75 bits per heavy atom. The molecule has 0 fully saturated rings. The maximum atomic E-state index is 13.1. The molecule has 0 aliphatic heterocycles. The number of methoxy groups -OCH3 is 1. The van der Waals surface area contributed by atoms with Gasteiger partial charge in [-0.25, -0.2) is 4.79 Å². The third-order valence-corrected chi connectivity index (χ3v) is 4.88. The fraction of sp³-hybridized carbons (Fsp3) is 0.455. The van der Waals surface area contributed by atoms with Crippen LogP contribution < -0.4 is 17.0 Å². The van der Waals surface area contributed by atoms with Gasteiger partial charge in [-0.05, 0) is 19.4 Å². The summed E-state index contributed by atoms with van der Waals surface area (Å²) in [6.07, 6.45) is 0. The lowest BCUT2D eigenvalue weighted by molar-refractivity contribution is -0.144. The summed E-state index contributed by atoms with van der Waals surface area (Å²) in [6.45, 7) is 3.89. The Labute approximate surface area is 186 Å². The average molecular weight is 447 g/mol. The largest absolute Gasteiger partial charge is 0.465 e. The van der Waals surface area contributed by atoms with Crippen molar-refractivity contribution in [2.45, 2.75) is 26.9 Å². The molecule has 0 saturated carbocycles. The zero-order chi connectivity index (χ0) is 23.7. The SMILES string of the molecule is CCOC(=O)CN(CCOC)CC(=O)c1c(N)n(Cc2ccccc2)c(=O)n(CC)c1=O. The van der Waals surface area contributed by atoms with E-state index in [-0.39, 0.29) is 57.3 Å².